The molecule has 1 aliphatic heterocycles. The molecule has 0 spiro atoms. The van der Waals surface area contributed by atoms with Crippen LogP contribution in [0.2, 0.25) is 0 Å². The summed E-state index contributed by atoms with van der Waals surface area (Å²) < 4.78 is 32.1. The van der Waals surface area contributed by atoms with Gasteiger partial charge in [-0.25, -0.2) is 13.2 Å². The SMILES string of the molecule is CCOC(=O)N1CCN(S(=O)(=O)c2ccc(C(=O)Nc3ccc(C(C)=O)cc3)cc2)CC1. The molecular weight excluding hydrogens is 434 g/mol. The lowest BCUT2D eigenvalue weighted by atomic mass is 10.1. The van der Waals surface area contributed by atoms with Gasteiger partial charge >= 0.3 is 6.09 Å². The molecule has 3 rings (SSSR count). The van der Waals surface area contributed by atoms with E-state index in [-0.39, 0.29) is 43.5 Å². The summed E-state index contributed by atoms with van der Waals surface area (Å²) in [5.41, 5.74) is 1.36. The van der Waals surface area contributed by atoms with Crippen LogP contribution in [0.1, 0.15) is 34.6 Å². The molecular formula is C22H25N3O6S. The van der Waals surface area contributed by atoms with Gasteiger partial charge in [0.2, 0.25) is 10.0 Å². The van der Waals surface area contributed by atoms with Gasteiger partial charge in [-0.3, -0.25) is 9.59 Å². The van der Waals surface area contributed by atoms with E-state index in [0.29, 0.717) is 16.8 Å². The van der Waals surface area contributed by atoms with Crippen LogP contribution in [0.4, 0.5) is 10.5 Å². The van der Waals surface area contributed by atoms with Crippen LogP contribution in [0.5, 0.6) is 0 Å². The Morgan fingerprint density at radius 2 is 1.47 bits per heavy atom. The van der Waals surface area contributed by atoms with Gasteiger partial charge in [0.25, 0.3) is 5.91 Å². The molecule has 1 saturated heterocycles. The van der Waals surface area contributed by atoms with E-state index in [1.165, 1.54) is 40.4 Å². The van der Waals surface area contributed by atoms with E-state index in [4.69, 9.17) is 4.74 Å². The third kappa shape index (κ3) is 5.32. The third-order valence-corrected chi connectivity index (χ3v) is 6.98. The molecule has 170 valence electrons. The standard InChI is InChI=1S/C22H25N3O6S/c1-3-31-22(28)24-12-14-25(15-13-24)32(29,30)20-10-6-18(7-11-20)21(27)23-19-8-4-17(5-9-19)16(2)26/h4-11H,3,12-15H2,1-2H3,(H,23,27). The Kier molecular flexibility index (Phi) is 7.26. The molecule has 0 aromatic heterocycles. The Morgan fingerprint density at radius 3 is 2.00 bits per heavy atom. The monoisotopic (exact) mass is 459 g/mol. The Balaban J connectivity index is 1.63. The number of hydrogen-bond donors (Lipinski definition) is 1. The van der Waals surface area contributed by atoms with Gasteiger partial charge in [-0.05, 0) is 62.4 Å². The Labute approximate surface area is 187 Å². The summed E-state index contributed by atoms with van der Waals surface area (Å²) in [6.07, 6.45) is -0.448. The van der Waals surface area contributed by atoms with Crippen molar-refractivity contribution in [1.29, 1.82) is 0 Å². The van der Waals surface area contributed by atoms with Crippen molar-refractivity contribution in [1.82, 2.24) is 9.21 Å². The minimum atomic E-state index is -3.75. The summed E-state index contributed by atoms with van der Waals surface area (Å²) >= 11 is 0. The molecule has 1 N–H and O–H groups in total. The second-order valence-corrected chi connectivity index (χ2v) is 9.14. The quantitative estimate of drug-likeness (QED) is 0.665. The van der Waals surface area contributed by atoms with Gasteiger partial charge in [-0.15, -0.1) is 0 Å². The Hall–Kier alpha value is -3.24. The van der Waals surface area contributed by atoms with Gasteiger partial charge in [0.1, 0.15) is 0 Å². The van der Waals surface area contributed by atoms with Crippen molar-refractivity contribution in [3.63, 3.8) is 0 Å². The second kappa shape index (κ2) is 9.92. The molecule has 2 aromatic rings. The number of hydrogen-bond acceptors (Lipinski definition) is 6. The number of benzene rings is 2. The van der Waals surface area contributed by atoms with Crippen LogP contribution >= 0.6 is 0 Å². The number of ether oxygens (including phenoxy) is 1. The molecule has 2 aromatic carbocycles. The van der Waals surface area contributed by atoms with E-state index in [2.05, 4.69) is 5.32 Å². The maximum Gasteiger partial charge on any atom is 0.409 e. The van der Waals surface area contributed by atoms with Gasteiger partial charge < -0.3 is 15.0 Å². The average molecular weight is 460 g/mol. The van der Waals surface area contributed by atoms with Gasteiger partial charge in [0.15, 0.2) is 5.78 Å². The lowest BCUT2D eigenvalue weighted by Crippen LogP contribution is -2.50. The van der Waals surface area contributed by atoms with Crippen LogP contribution in [0.15, 0.2) is 53.4 Å². The lowest BCUT2D eigenvalue weighted by Gasteiger charge is -2.33. The third-order valence-electron chi connectivity index (χ3n) is 5.07. The van der Waals surface area contributed by atoms with Crippen LogP contribution in [0.25, 0.3) is 0 Å². The first kappa shape index (κ1) is 23.4. The zero-order valence-electron chi connectivity index (χ0n) is 17.9. The number of carbonyl (C=O) groups is 3. The van der Waals surface area contributed by atoms with Crippen molar-refractivity contribution >= 4 is 33.5 Å². The summed E-state index contributed by atoms with van der Waals surface area (Å²) in [5, 5.41) is 2.71. The number of nitrogens with one attached hydrogen (secondary N) is 1. The summed E-state index contributed by atoms with van der Waals surface area (Å²) in [5.74, 6) is -0.463. The fraction of sp³-hybridized carbons (Fsp3) is 0.318. The Bertz CT molecular complexity index is 1090. The normalized spacial score (nSPS) is 14.6. The molecule has 1 aliphatic rings. The predicted molar refractivity (Wildman–Crippen MR) is 118 cm³/mol. The molecule has 0 unspecified atom stereocenters. The molecule has 0 atom stereocenters. The molecule has 0 aliphatic carbocycles. The smallest absolute Gasteiger partial charge is 0.409 e. The molecule has 32 heavy (non-hydrogen) atoms. The van der Waals surface area contributed by atoms with Crippen molar-refractivity contribution < 1.29 is 27.5 Å². The van der Waals surface area contributed by atoms with Crippen molar-refractivity contribution in [3.8, 4) is 0 Å². The fourth-order valence-corrected chi connectivity index (χ4v) is 4.67. The number of ketones is 1. The average Bonchev–Trinajstić information content (AvgIpc) is 2.79. The summed E-state index contributed by atoms with van der Waals surface area (Å²) in [6, 6.07) is 12.2. The van der Waals surface area contributed by atoms with Crippen LogP contribution in [-0.4, -0.2) is 68.2 Å². The van der Waals surface area contributed by atoms with Crippen molar-refractivity contribution in [3.05, 3.63) is 59.7 Å². The topological polar surface area (TPSA) is 113 Å². The van der Waals surface area contributed by atoms with Gasteiger partial charge in [-0.1, -0.05) is 0 Å². The van der Waals surface area contributed by atoms with Crippen LogP contribution in [0.3, 0.4) is 0 Å². The molecule has 2 amide bonds. The van der Waals surface area contributed by atoms with E-state index >= 15 is 0 Å². The van der Waals surface area contributed by atoms with E-state index in [1.54, 1.807) is 31.2 Å². The zero-order chi connectivity index (χ0) is 23.3. The first-order chi connectivity index (χ1) is 15.2. The highest BCUT2D eigenvalue weighted by atomic mass is 32.2. The van der Waals surface area contributed by atoms with E-state index in [9.17, 15) is 22.8 Å². The van der Waals surface area contributed by atoms with Crippen molar-refractivity contribution in [2.24, 2.45) is 0 Å². The van der Waals surface area contributed by atoms with Gasteiger partial charge in [0.05, 0.1) is 11.5 Å². The van der Waals surface area contributed by atoms with Crippen LogP contribution in [0, 0.1) is 0 Å². The van der Waals surface area contributed by atoms with Crippen molar-refractivity contribution in [2.45, 2.75) is 18.7 Å². The molecule has 1 fully saturated rings. The zero-order valence-corrected chi connectivity index (χ0v) is 18.7. The number of Topliss-reactive ketones (excluding diaryl/α,β-unsaturated/α-hetero) is 1. The fourth-order valence-electron chi connectivity index (χ4n) is 3.24. The summed E-state index contributed by atoms with van der Waals surface area (Å²) in [6.45, 7) is 4.28. The maximum absolute atomic E-state index is 12.9. The number of anilines is 1. The van der Waals surface area contributed by atoms with Gasteiger partial charge in [0, 0.05) is 43.0 Å². The minimum Gasteiger partial charge on any atom is -0.450 e. The number of piperazine rings is 1. The number of sulfonamides is 1. The maximum atomic E-state index is 12.9. The largest absolute Gasteiger partial charge is 0.450 e. The second-order valence-electron chi connectivity index (χ2n) is 7.20. The highest BCUT2D eigenvalue weighted by molar-refractivity contribution is 7.89. The first-order valence-corrected chi connectivity index (χ1v) is 11.6. The highest BCUT2D eigenvalue weighted by Crippen LogP contribution is 2.19. The molecule has 10 heteroatoms. The number of nitrogens with zero attached hydrogens (tertiary/aromatic N) is 2. The van der Waals surface area contributed by atoms with Crippen LogP contribution < -0.4 is 5.32 Å². The van der Waals surface area contributed by atoms with Crippen LogP contribution in [-0.2, 0) is 14.8 Å². The summed E-state index contributed by atoms with van der Waals surface area (Å²) in [7, 11) is -3.75. The number of amides is 2. The molecule has 1 heterocycles. The minimum absolute atomic E-state index is 0.0676. The summed E-state index contributed by atoms with van der Waals surface area (Å²) in [4.78, 5) is 37.1. The lowest BCUT2D eigenvalue weighted by molar-refractivity contribution is 0.0933. The molecule has 0 radical (unpaired) electrons. The van der Waals surface area contributed by atoms with E-state index in [1.807, 2.05) is 0 Å². The molecule has 0 saturated carbocycles. The van der Waals surface area contributed by atoms with E-state index < -0.39 is 22.0 Å². The molecule has 0 bridgehead atoms. The molecule has 9 nitrogen and oxygen atoms in total. The van der Waals surface area contributed by atoms with Gasteiger partial charge in [-0.2, -0.15) is 4.31 Å². The number of carbonyl (C=O) groups excluding carboxylic acids is 3. The van der Waals surface area contributed by atoms with Crippen molar-refractivity contribution in [2.75, 3.05) is 38.1 Å². The first-order valence-electron chi connectivity index (χ1n) is 10.2. The highest BCUT2D eigenvalue weighted by Gasteiger charge is 2.30. The Morgan fingerprint density at radius 1 is 0.906 bits per heavy atom. The predicted octanol–water partition coefficient (Wildman–Crippen LogP) is 2.60. The van der Waals surface area contributed by atoms with E-state index in [0.717, 1.165) is 0 Å². The number of rotatable bonds is 6.